The van der Waals surface area contributed by atoms with Gasteiger partial charge in [0, 0.05) is 32.4 Å². The number of aliphatic imine (C=N–C) groups is 1. The van der Waals surface area contributed by atoms with E-state index in [4.69, 9.17) is 4.74 Å². The third-order valence-electron chi connectivity index (χ3n) is 5.13. The van der Waals surface area contributed by atoms with Gasteiger partial charge in [0.1, 0.15) is 5.82 Å². The molecule has 1 aromatic carbocycles. The molecular formula is C23H30F3N5O. The Morgan fingerprint density at radius 3 is 2.53 bits per heavy atom. The van der Waals surface area contributed by atoms with Crippen LogP contribution in [0.3, 0.4) is 0 Å². The van der Waals surface area contributed by atoms with Gasteiger partial charge in [-0.25, -0.2) is 9.98 Å². The molecule has 174 valence electrons. The molecule has 0 saturated carbocycles. The number of hydrogen-bond acceptors (Lipinski definition) is 4. The van der Waals surface area contributed by atoms with E-state index in [2.05, 4.69) is 32.4 Å². The summed E-state index contributed by atoms with van der Waals surface area (Å²) in [5.41, 5.74) is 1.19. The summed E-state index contributed by atoms with van der Waals surface area (Å²) in [5, 5.41) is 6.41. The zero-order chi connectivity index (χ0) is 23.0. The zero-order valence-corrected chi connectivity index (χ0v) is 18.5. The number of ether oxygens (including phenoxy) is 1. The number of alkyl halides is 3. The van der Waals surface area contributed by atoms with Gasteiger partial charge in [0.2, 0.25) is 0 Å². The van der Waals surface area contributed by atoms with Gasteiger partial charge in [-0.3, -0.25) is 0 Å². The molecule has 1 aliphatic heterocycles. The van der Waals surface area contributed by atoms with E-state index in [1.54, 1.807) is 0 Å². The topological polar surface area (TPSA) is 61.8 Å². The van der Waals surface area contributed by atoms with Crippen molar-refractivity contribution in [1.29, 1.82) is 0 Å². The lowest BCUT2D eigenvalue weighted by atomic mass is 10.1. The number of guanidine groups is 1. The first kappa shape index (κ1) is 23.8. The Morgan fingerprint density at radius 1 is 1.16 bits per heavy atom. The van der Waals surface area contributed by atoms with Crippen LogP contribution in [-0.2, 0) is 23.9 Å². The van der Waals surface area contributed by atoms with Gasteiger partial charge < -0.3 is 20.3 Å². The molecule has 1 unspecified atom stereocenters. The highest BCUT2D eigenvalue weighted by Gasteiger charge is 2.29. The number of nitrogens with zero attached hydrogens (tertiary/aromatic N) is 3. The third-order valence-corrected chi connectivity index (χ3v) is 5.13. The van der Waals surface area contributed by atoms with Gasteiger partial charge in [0.05, 0.1) is 24.8 Å². The highest BCUT2D eigenvalue weighted by molar-refractivity contribution is 5.79. The number of anilines is 1. The minimum atomic E-state index is -4.31. The number of pyridine rings is 1. The Kier molecular flexibility index (Phi) is 8.33. The first-order valence-corrected chi connectivity index (χ1v) is 10.8. The van der Waals surface area contributed by atoms with Crippen LogP contribution in [0.25, 0.3) is 0 Å². The molecule has 0 aliphatic carbocycles. The second-order valence-corrected chi connectivity index (χ2v) is 7.72. The fraction of sp³-hybridized carbons (Fsp3) is 0.478. The average Bonchev–Trinajstić information content (AvgIpc) is 2.77. The molecule has 2 aromatic rings. The minimum Gasteiger partial charge on any atom is -0.375 e. The van der Waals surface area contributed by atoms with E-state index in [1.807, 2.05) is 25.3 Å². The zero-order valence-electron chi connectivity index (χ0n) is 18.5. The Hall–Kier alpha value is -2.81. The first-order chi connectivity index (χ1) is 15.3. The fourth-order valence-corrected chi connectivity index (χ4v) is 3.42. The van der Waals surface area contributed by atoms with Crippen LogP contribution in [0.15, 0.2) is 47.6 Å². The smallest absolute Gasteiger partial charge is 0.375 e. The summed E-state index contributed by atoms with van der Waals surface area (Å²) >= 11 is 0. The largest absolute Gasteiger partial charge is 0.416 e. The van der Waals surface area contributed by atoms with Crippen molar-refractivity contribution >= 4 is 11.8 Å². The summed E-state index contributed by atoms with van der Waals surface area (Å²) < 4.78 is 43.6. The van der Waals surface area contributed by atoms with Crippen LogP contribution in [0.5, 0.6) is 0 Å². The van der Waals surface area contributed by atoms with Crippen molar-refractivity contribution in [3.8, 4) is 0 Å². The SMILES string of the molecule is CCNC(=NCc1ccc(N2CCOC(C)C2)nc1)NCCc1ccc(C(F)(F)F)cc1. The van der Waals surface area contributed by atoms with Gasteiger partial charge in [-0.2, -0.15) is 13.2 Å². The van der Waals surface area contributed by atoms with Crippen LogP contribution in [-0.4, -0.2) is 49.8 Å². The van der Waals surface area contributed by atoms with E-state index in [9.17, 15) is 13.2 Å². The Bertz CT molecular complexity index is 869. The molecule has 1 aliphatic rings. The molecule has 9 heteroatoms. The molecule has 2 heterocycles. The predicted octanol–water partition coefficient (Wildman–Crippen LogP) is 3.62. The van der Waals surface area contributed by atoms with Crippen molar-refractivity contribution in [2.75, 3.05) is 37.7 Å². The first-order valence-electron chi connectivity index (χ1n) is 10.8. The summed E-state index contributed by atoms with van der Waals surface area (Å²) in [6.07, 6.45) is -1.68. The van der Waals surface area contributed by atoms with E-state index in [-0.39, 0.29) is 6.10 Å². The Morgan fingerprint density at radius 2 is 1.91 bits per heavy atom. The lowest BCUT2D eigenvalue weighted by Crippen LogP contribution is -2.41. The van der Waals surface area contributed by atoms with Gasteiger partial charge in [-0.05, 0) is 49.6 Å². The maximum atomic E-state index is 12.7. The molecule has 1 saturated heterocycles. The molecule has 32 heavy (non-hydrogen) atoms. The standard InChI is InChI=1S/C23H30F3N5O/c1-3-27-22(28-11-10-18-4-7-20(8-5-18)23(24,25)26)30-15-19-6-9-21(29-14-19)31-12-13-32-17(2)16-31/h4-9,14,17H,3,10-13,15-16H2,1-2H3,(H2,27,28,30). The van der Waals surface area contributed by atoms with Crippen molar-refractivity contribution in [3.05, 3.63) is 59.3 Å². The molecule has 0 bridgehead atoms. The maximum Gasteiger partial charge on any atom is 0.416 e. The van der Waals surface area contributed by atoms with E-state index < -0.39 is 11.7 Å². The van der Waals surface area contributed by atoms with E-state index in [1.165, 1.54) is 12.1 Å². The second kappa shape index (κ2) is 11.2. The number of rotatable bonds is 7. The molecule has 1 fully saturated rings. The lowest BCUT2D eigenvalue weighted by Gasteiger charge is -2.32. The van der Waals surface area contributed by atoms with Gasteiger partial charge in [-0.15, -0.1) is 0 Å². The number of nitrogens with one attached hydrogen (secondary N) is 2. The van der Waals surface area contributed by atoms with E-state index in [0.717, 1.165) is 42.2 Å². The molecule has 0 spiro atoms. The number of aromatic nitrogens is 1. The van der Waals surface area contributed by atoms with Gasteiger partial charge in [0.25, 0.3) is 0 Å². The van der Waals surface area contributed by atoms with Gasteiger partial charge in [0.15, 0.2) is 5.96 Å². The monoisotopic (exact) mass is 449 g/mol. The maximum absolute atomic E-state index is 12.7. The summed E-state index contributed by atoms with van der Waals surface area (Å²) in [6.45, 7) is 8.15. The number of hydrogen-bond donors (Lipinski definition) is 2. The second-order valence-electron chi connectivity index (χ2n) is 7.72. The quantitative estimate of drug-likeness (QED) is 0.500. The highest BCUT2D eigenvalue weighted by Crippen LogP contribution is 2.29. The molecule has 3 rings (SSSR count). The molecule has 2 N–H and O–H groups in total. The molecule has 1 atom stereocenters. The van der Waals surface area contributed by atoms with E-state index >= 15 is 0 Å². The van der Waals surface area contributed by atoms with Crippen molar-refractivity contribution in [1.82, 2.24) is 15.6 Å². The molecule has 1 aromatic heterocycles. The fourth-order valence-electron chi connectivity index (χ4n) is 3.42. The van der Waals surface area contributed by atoms with Crippen molar-refractivity contribution in [3.63, 3.8) is 0 Å². The number of benzene rings is 1. The van der Waals surface area contributed by atoms with Crippen LogP contribution in [0.1, 0.15) is 30.5 Å². The highest BCUT2D eigenvalue weighted by atomic mass is 19.4. The van der Waals surface area contributed by atoms with Gasteiger partial charge in [-0.1, -0.05) is 18.2 Å². The minimum absolute atomic E-state index is 0.200. The third kappa shape index (κ3) is 7.12. The molecule has 6 nitrogen and oxygen atoms in total. The molecular weight excluding hydrogens is 419 g/mol. The van der Waals surface area contributed by atoms with Gasteiger partial charge >= 0.3 is 6.18 Å². The predicted molar refractivity (Wildman–Crippen MR) is 120 cm³/mol. The summed E-state index contributed by atoms with van der Waals surface area (Å²) in [7, 11) is 0. The van der Waals surface area contributed by atoms with Crippen LogP contribution in [0.4, 0.5) is 19.0 Å². The molecule has 0 radical (unpaired) electrons. The van der Waals surface area contributed by atoms with Crippen molar-refractivity contribution < 1.29 is 17.9 Å². The number of morpholine rings is 1. The summed E-state index contributed by atoms with van der Waals surface area (Å²) in [4.78, 5) is 11.4. The van der Waals surface area contributed by atoms with Crippen LogP contribution >= 0.6 is 0 Å². The van der Waals surface area contributed by atoms with Crippen molar-refractivity contribution in [2.24, 2.45) is 4.99 Å². The summed E-state index contributed by atoms with van der Waals surface area (Å²) in [5.74, 6) is 1.60. The number of halogens is 3. The van der Waals surface area contributed by atoms with Crippen molar-refractivity contribution in [2.45, 2.75) is 39.1 Å². The van der Waals surface area contributed by atoms with E-state index in [0.29, 0.717) is 38.6 Å². The average molecular weight is 450 g/mol. The van der Waals surface area contributed by atoms with Crippen LogP contribution in [0, 0.1) is 0 Å². The lowest BCUT2D eigenvalue weighted by molar-refractivity contribution is -0.137. The Labute approximate surface area is 186 Å². The normalized spacial score (nSPS) is 17.3. The van der Waals surface area contributed by atoms with Crippen LogP contribution in [0.2, 0.25) is 0 Å². The Balaban J connectivity index is 1.51. The van der Waals surface area contributed by atoms with Crippen LogP contribution < -0.4 is 15.5 Å². The molecule has 0 amide bonds. The summed E-state index contributed by atoms with van der Waals surface area (Å²) in [6, 6.07) is 9.28.